The summed E-state index contributed by atoms with van der Waals surface area (Å²) in [4.78, 5) is 11.8. The normalized spacial score (nSPS) is 11.0. The first-order valence-corrected chi connectivity index (χ1v) is 4.46. The van der Waals surface area contributed by atoms with Crippen molar-refractivity contribution < 1.29 is 17.5 Å². The molecule has 1 aromatic heterocycles. The van der Waals surface area contributed by atoms with Gasteiger partial charge in [0.2, 0.25) is 5.69 Å². The molecule has 0 bridgehead atoms. The Morgan fingerprint density at radius 1 is 1.33 bits per heavy atom. The summed E-state index contributed by atoms with van der Waals surface area (Å²) in [5.74, 6) is 0.00435. The minimum absolute atomic E-state index is 0. The number of aromatic hydroxyl groups is 1. The topological polar surface area (TPSA) is 42.2 Å². The lowest BCUT2D eigenvalue weighted by atomic mass is 10.2. The fourth-order valence-corrected chi connectivity index (χ4v) is 1.61. The van der Waals surface area contributed by atoms with Crippen molar-refractivity contribution >= 4 is 5.69 Å². The van der Waals surface area contributed by atoms with Crippen molar-refractivity contribution in [1.29, 1.82) is 0 Å². The third-order valence-electron chi connectivity index (χ3n) is 2.24. The molecule has 86 valence electrons. The summed E-state index contributed by atoms with van der Waals surface area (Å²) in [6.45, 7) is 1.83. The summed E-state index contributed by atoms with van der Waals surface area (Å²) in [6, 6.07) is 1.61. The minimum atomic E-state index is -0.144. The molecular weight excluding hydrogens is 216 g/mol. The highest BCUT2D eigenvalue weighted by Crippen LogP contribution is 2.20. The molecule has 0 atom stereocenters. The SMILES string of the molecule is Cc1cc(O)n(C)c(=O)c1[N+](C)(C)C.[Cl-]. The number of rotatable bonds is 1. The summed E-state index contributed by atoms with van der Waals surface area (Å²) in [7, 11) is 7.36. The predicted octanol–water partition coefficient (Wildman–Crippen LogP) is -2.40. The van der Waals surface area contributed by atoms with E-state index in [9.17, 15) is 9.90 Å². The summed E-state index contributed by atoms with van der Waals surface area (Å²) in [6.07, 6.45) is 0. The number of hydrogen-bond acceptors (Lipinski definition) is 2. The van der Waals surface area contributed by atoms with Crippen LogP contribution in [-0.2, 0) is 7.05 Å². The zero-order chi connectivity index (χ0) is 11.1. The Labute approximate surface area is 95.8 Å². The van der Waals surface area contributed by atoms with Gasteiger partial charge in [-0.15, -0.1) is 0 Å². The third-order valence-corrected chi connectivity index (χ3v) is 2.24. The molecule has 0 fully saturated rings. The van der Waals surface area contributed by atoms with E-state index in [0.717, 1.165) is 5.56 Å². The molecule has 5 heteroatoms. The number of hydrogen-bond donors (Lipinski definition) is 1. The van der Waals surface area contributed by atoms with E-state index in [4.69, 9.17) is 0 Å². The maximum atomic E-state index is 11.8. The van der Waals surface area contributed by atoms with Crippen LogP contribution in [-0.4, -0.2) is 30.8 Å². The summed E-state index contributed by atoms with van der Waals surface area (Å²) in [5, 5.41) is 9.43. The zero-order valence-corrected chi connectivity index (χ0v) is 10.5. The summed E-state index contributed by atoms with van der Waals surface area (Å²) >= 11 is 0. The number of aromatic nitrogens is 1. The molecule has 0 aliphatic carbocycles. The maximum absolute atomic E-state index is 11.8. The van der Waals surface area contributed by atoms with Crippen molar-refractivity contribution in [2.24, 2.45) is 7.05 Å². The molecule has 0 radical (unpaired) electrons. The summed E-state index contributed by atoms with van der Waals surface area (Å²) in [5.41, 5.74) is 1.37. The number of halogens is 1. The van der Waals surface area contributed by atoms with Gasteiger partial charge in [-0.3, -0.25) is 13.8 Å². The molecule has 0 aliphatic rings. The maximum Gasteiger partial charge on any atom is 0.314 e. The Bertz CT molecular complexity index is 419. The highest BCUT2D eigenvalue weighted by atomic mass is 35.5. The standard InChI is InChI=1S/C10H16N2O2.ClH/c1-7-6-8(13)11(2)10(14)9(7)12(3,4)5;/h6H,1-5H3;1H. The van der Waals surface area contributed by atoms with Crippen LogP contribution in [0.3, 0.4) is 0 Å². The second kappa shape index (κ2) is 4.24. The monoisotopic (exact) mass is 232 g/mol. The van der Waals surface area contributed by atoms with Crippen LogP contribution >= 0.6 is 0 Å². The molecule has 0 aromatic carbocycles. The zero-order valence-electron chi connectivity index (χ0n) is 9.71. The van der Waals surface area contributed by atoms with E-state index in [-0.39, 0.29) is 23.8 Å². The van der Waals surface area contributed by atoms with Crippen molar-refractivity contribution in [3.05, 3.63) is 22.0 Å². The van der Waals surface area contributed by atoms with Crippen molar-refractivity contribution in [1.82, 2.24) is 9.05 Å². The van der Waals surface area contributed by atoms with Crippen LogP contribution < -0.4 is 22.4 Å². The van der Waals surface area contributed by atoms with Crippen LogP contribution in [0.2, 0.25) is 0 Å². The third kappa shape index (κ3) is 2.52. The molecular formula is C10H17ClN2O2. The molecule has 15 heavy (non-hydrogen) atoms. The van der Waals surface area contributed by atoms with Gasteiger partial charge in [0.25, 0.3) is 0 Å². The first-order valence-electron chi connectivity index (χ1n) is 4.46. The minimum Gasteiger partial charge on any atom is -1.00 e. The summed E-state index contributed by atoms with van der Waals surface area (Å²) < 4.78 is 1.71. The second-order valence-corrected chi connectivity index (χ2v) is 4.41. The van der Waals surface area contributed by atoms with Crippen LogP contribution in [0.25, 0.3) is 0 Å². The lowest BCUT2D eigenvalue weighted by Crippen LogP contribution is -3.00. The van der Waals surface area contributed by atoms with Gasteiger partial charge in [-0.2, -0.15) is 0 Å². The molecule has 1 heterocycles. The number of aryl methyl sites for hydroxylation is 1. The van der Waals surface area contributed by atoms with Gasteiger partial charge in [0.1, 0.15) is 0 Å². The van der Waals surface area contributed by atoms with Gasteiger partial charge in [-0.25, -0.2) is 0 Å². The van der Waals surface area contributed by atoms with E-state index >= 15 is 0 Å². The van der Waals surface area contributed by atoms with E-state index in [1.165, 1.54) is 4.57 Å². The first-order chi connectivity index (χ1) is 6.25. The molecule has 1 aromatic rings. The largest absolute Gasteiger partial charge is 1.00 e. The molecule has 0 saturated heterocycles. The van der Waals surface area contributed by atoms with Gasteiger partial charge < -0.3 is 17.5 Å². The van der Waals surface area contributed by atoms with E-state index in [2.05, 4.69) is 0 Å². The van der Waals surface area contributed by atoms with Crippen LogP contribution in [0.5, 0.6) is 5.88 Å². The van der Waals surface area contributed by atoms with E-state index < -0.39 is 0 Å². The van der Waals surface area contributed by atoms with Crippen molar-refractivity contribution in [3.63, 3.8) is 0 Å². The number of nitrogens with zero attached hydrogens (tertiary/aromatic N) is 2. The van der Waals surface area contributed by atoms with Gasteiger partial charge in [-0.05, 0) is 6.92 Å². The average molecular weight is 233 g/mol. The fourth-order valence-electron chi connectivity index (χ4n) is 1.61. The second-order valence-electron chi connectivity index (χ2n) is 4.41. The first kappa shape index (κ1) is 14.0. The Morgan fingerprint density at radius 3 is 2.20 bits per heavy atom. The smallest absolute Gasteiger partial charge is 0.314 e. The van der Waals surface area contributed by atoms with E-state index in [1.54, 1.807) is 13.1 Å². The van der Waals surface area contributed by atoms with Gasteiger partial charge in [0.05, 0.1) is 21.1 Å². The van der Waals surface area contributed by atoms with Crippen LogP contribution in [0.4, 0.5) is 5.69 Å². The van der Waals surface area contributed by atoms with Crippen LogP contribution in [0.1, 0.15) is 5.56 Å². The molecule has 4 nitrogen and oxygen atoms in total. The van der Waals surface area contributed by atoms with Crippen LogP contribution in [0.15, 0.2) is 10.9 Å². The van der Waals surface area contributed by atoms with Crippen LogP contribution in [0, 0.1) is 6.92 Å². The van der Waals surface area contributed by atoms with E-state index in [0.29, 0.717) is 10.2 Å². The Hall–Kier alpha value is -1.00. The Balaban J connectivity index is 0.00000196. The lowest BCUT2D eigenvalue weighted by Gasteiger charge is -2.24. The van der Waals surface area contributed by atoms with Gasteiger partial charge in [0.15, 0.2) is 5.88 Å². The Kier molecular flexibility index (Phi) is 3.96. The number of pyridine rings is 1. The number of quaternary nitrogens is 1. The fraction of sp³-hybridized carbons (Fsp3) is 0.500. The quantitative estimate of drug-likeness (QED) is 0.549. The molecule has 0 saturated carbocycles. The highest BCUT2D eigenvalue weighted by Gasteiger charge is 2.22. The van der Waals surface area contributed by atoms with Crippen molar-refractivity contribution in [3.8, 4) is 5.88 Å². The molecule has 0 amide bonds. The molecule has 0 spiro atoms. The van der Waals surface area contributed by atoms with Crippen molar-refractivity contribution in [2.75, 3.05) is 21.1 Å². The molecule has 0 aliphatic heterocycles. The van der Waals surface area contributed by atoms with Gasteiger partial charge >= 0.3 is 5.56 Å². The van der Waals surface area contributed by atoms with Gasteiger partial charge in [0, 0.05) is 18.7 Å². The Morgan fingerprint density at radius 2 is 1.80 bits per heavy atom. The molecule has 1 N–H and O–H groups in total. The molecule has 0 unspecified atom stereocenters. The van der Waals surface area contributed by atoms with E-state index in [1.807, 2.05) is 28.1 Å². The average Bonchev–Trinajstić information content (AvgIpc) is 1.97. The predicted molar refractivity (Wildman–Crippen MR) is 57.7 cm³/mol. The lowest BCUT2D eigenvalue weighted by molar-refractivity contribution is -0.00000456. The highest BCUT2D eigenvalue weighted by molar-refractivity contribution is 5.48. The van der Waals surface area contributed by atoms with Gasteiger partial charge in [-0.1, -0.05) is 0 Å². The molecule has 1 rings (SSSR count). The van der Waals surface area contributed by atoms with Crippen molar-refractivity contribution in [2.45, 2.75) is 6.92 Å².